The van der Waals surface area contributed by atoms with Crippen molar-refractivity contribution in [1.29, 1.82) is 0 Å². The third-order valence-corrected chi connectivity index (χ3v) is 3.73. The third kappa shape index (κ3) is 6.42. The first-order valence-corrected chi connectivity index (χ1v) is 8.34. The number of nitrogens with zero attached hydrogens (tertiary/aromatic N) is 1. The molecule has 0 fully saturated rings. The number of ether oxygens (including phenoxy) is 1. The molecule has 0 aliphatic rings. The Morgan fingerprint density at radius 2 is 1.78 bits per heavy atom. The molecule has 0 heterocycles. The van der Waals surface area contributed by atoms with E-state index in [-0.39, 0.29) is 0 Å². The molecule has 0 aliphatic carbocycles. The molecule has 0 saturated carbocycles. The van der Waals surface area contributed by atoms with Crippen LogP contribution >= 0.6 is 12.2 Å². The molecule has 2 aromatic carbocycles. The Balaban J connectivity index is 1.63. The predicted octanol–water partition coefficient (Wildman–Crippen LogP) is 2.63. The van der Waals surface area contributed by atoms with E-state index in [1.54, 1.807) is 0 Å². The zero-order valence-corrected chi connectivity index (χ0v) is 14.7. The standard InChI is InChI=1S/C18H25N3OS/c1-21(2)12-5-10-19-18(23)20-11-13-22-17-9-8-15-6-3-4-7-16(15)14-17/h3-4,6-9,14H,5,10-13H2,1-2H3,(H2,19,20,23). The number of fused-ring (bicyclic) bond motifs is 1. The first-order chi connectivity index (χ1) is 11.1. The summed E-state index contributed by atoms with van der Waals surface area (Å²) >= 11 is 5.23. The molecule has 0 aliphatic heterocycles. The Labute approximate surface area is 143 Å². The Morgan fingerprint density at radius 3 is 2.57 bits per heavy atom. The van der Waals surface area contributed by atoms with Gasteiger partial charge in [0, 0.05) is 6.54 Å². The van der Waals surface area contributed by atoms with Crippen molar-refractivity contribution in [3.63, 3.8) is 0 Å². The summed E-state index contributed by atoms with van der Waals surface area (Å²) < 4.78 is 5.77. The van der Waals surface area contributed by atoms with Crippen molar-refractivity contribution in [2.45, 2.75) is 6.42 Å². The molecule has 0 amide bonds. The molecule has 0 unspecified atom stereocenters. The summed E-state index contributed by atoms with van der Waals surface area (Å²) in [6.45, 7) is 3.21. The van der Waals surface area contributed by atoms with E-state index >= 15 is 0 Å². The lowest BCUT2D eigenvalue weighted by Crippen LogP contribution is -2.38. The van der Waals surface area contributed by atoms with E-state index in [1.807, 2.05) is 18.2 Å². The van der Waals surface area contributed by atoms with Crippen LogP contribution in [0.2, 0.25) is 0 Å². The third-order valence-electron chi connectivity index (χ3n) is 3.44. The highest BCUT2D eigenvalue weighted by atomic mass is 32.1. The number of hydrogen-bond donors (Lipinski definition) is 2. The van der Waals surface area contributed by atoms with Crippen LogP contribution in [0.4, 0.5) is 0 Å². The lowest BCUT2D eigenvalue weighted by molar-refractivity contribution is 0.322. The van der Waals surface area contributed by atoms with E-state index in [0.717, 1.165) is 25.3 Å². The molecule has 0 spiro atoms. The second-order valence-electron chi connectivity index (χ2n) is 5.70. The van der Waals surface area contributed by atoms with Gasteiger partial charge >= 0.3 is 0 Å². The Hall–Kier alpha value is -1.85. The minimum absolute atomic E-state index is 0.581. The van der Waals surface area contributed by atoms with Crippen LogP contribution in [0.15, 0.2) is 42.5 Å². The van der Waals surface area contributed by atoms with Gasteiger partial charge in [0.25, 0.3) is 0 Å². The summed E-state index contributed by atoms with van der Waals surface area (Å²) in [5.74, 6) is 0.885. The van der Waals surface area contributed by atoms with E-state index in [9.17, 15) is 0 Å². The van der Waals surface area contributed by atoms with Gasteiger partial charge in [0.2, 0.25) is 0 Å². The smallest absolute Gasteiger partial charge is 0.166 e. The van der Waals surface area contributed by atoms with Crippen molar-refractivity contribution in [3.05, 3.63) is 42.5 Å². The molecule has 0 atom stereocenters. The van der Waals surface area contributed by atoms with Gasteiger partial charge in [-0.15, -0.1) is 0 Å². The van der Waals surface area contributed by atoms with Gasteiger partial charge in [-0.3, -0.25) is 0 Å². The molecule has 2 rings (SSSR count). The summed E-state index contributed by atoms with van der Waals surface area (Å²) in [5.41, 5.74) is 0. The van der Waals surface area contributed by atoms with Crippen molar-refractivity contribution >= 4 is 28.1 Å². The summed E-state index contributed by atoms with van der Waals surface area (Å²) in [6, 6.07) is 14.4. The van der Waals surface area contributed by atoms with E-state index in [2.05, 4.69) is 53.9 Å². The van der Waals surface area contributed by atoms with Crippen molar-refractivity contribution in [2.75, 3.05) is 40.3 Å². The Bertz CT molecular complexity index is 630. The fourth-order valence-corrected chi connectivity index (χ4v) is 2.45. The van der Waals surface area contributed by atoms with Gasteiger partial charge in [0.15, 0.2) is 5.11 Å². The van der Waals surface area contributed by atoms with Crippen LogP contribution < -0.4 is 15.4 Å². The first kappa shape index (κ1) is 17.5. The molecule has 0 aromatic heterocycles. The molecule has 5 heteroatoms. The molecule has 2 aromatic rings. The lowest BCUT2D eigenvalue weighted by Gasteiger charge is -2.13. The predicted molar refractivity (Wildman–Crippen MR) is 101 cm³/mol. The summed E-state index contributed by atoms with van der Waals surface area (Å²) in [5, 5.41) is 9.46. The number of nitrogens with one attached hydrogen (secondary N) is 2. The van der Waals surface area contributed by atoms with Crippen LogP contribution in [0.3, 0.4) is 0 Å². The normalized spacial score (nSPS) is 10.7. The number of thiocarbonyl (C=S) groups is 1. The Morgan fingerprint density at radius 1 is 1.04 bits per heavy atom. The van der Waals surface area contributed by atoms with Crippen LogP contribution in [0.25, 0.3) is 10.8 Å². The molecule has 0 radical (unpaired) electrons. The molecular weight excluding hydrogens is 306 g/mol. The zero-order chi connectivity index (χ0) is 16.5. The summed E-state index contributed by atoms with van der Waals surface area (Å²) in [7, 11) is 4.14. The second-order valence-corrected chi connectivity index (χ2v) is 6.11. The van der Waals surface area contributed by atoms with Gasteiger partial charge in [0.05, 0.1) is 6.54 Å². The molecule has 4 nitrogen and oxygen atoms in total. The largest absolute Gasteiger partial charge is 0.492 e. The first-order valence-electron chi connectivity index (χ1n) is 7.93. The zero-order valence-electron chi connectivity index (χ0n) is 13.8. The van der Waals surface area contributed by atoms with Crippen molar-refractivity contribution in [3.8, 4) is 5.75 Å². The van der Waals surface area contributed by atoms with Crippen LogP contribution in [0, 0.1) is 0 Å². The van der Waals surface area contributed by atoms with Crippen molar-refractivity contribution < 1.29 is 4.74 Å². The average molecular weight is 331 g/mol. The average Bonchev–Trinajstić information content (AvgIpc) is 2.55. The molecular formula is C18H25N3OS. The molecule has 124 valence electrons. The minimum Gasteiger partial charge on any atom is -0.492 e. The minimum atomic E-state index is 0.581. The van der Waals surface area contributed by atoms with E-state index in [4.69, 9.17) is 17.0 Å². The van der Waals surface area contributed by atoms with Crippen LogP contribution in [0.5, 0.6) is 5.75 Å². The fraction of sp³-hybridized carbons (Fsp3) is 0.389. The summed E-state index contributed by atoms with van der Waals surface area (Å²) in [4.78, 5) is 2.16. The van der Waals surface area contributed by atoms with Gasteiger partial charge in [-0.1, -0.05) is 30.3 Å². The fourth-order valence-electron chi connectivity index (χ4n) is 2.25. The van der Waals surface area contributed by atoms with E-state index < -0.39 is 0 Å². The number of benzene rings is 2. The Kier molecular flexibility index (Phi) is 7.10. The molecule has 0 saturated heterocycles. The van der Waals surface area contributed by atoms with Crippen LogP contribution in [-0.4, -0.2) is 50.3 Å². The summed E-state index contributed by atoms with van der Waals surface area (Å²) in [6.07, 6.45) is 1.07. The van der Waals surface area contributed by atoms with E-state index in [0.29, 0.717) is 18.3 Å². The highest BCUT2D eigenvalue weighted by Crippen LogP contribution is 2.20. The van der Waals surface area contributed by atoms with Gasteiger partial charge < -0.3 is 20.3 Å². The monoisotopic (exact) mass is 331 g/mol. The van der Waals surface area contributed by atoms with Gasteiger partial charge in [0.1, 0.15) is 12.4 Å². The lowest BCUT2D eigenvalue weighted by atomic mass is 10.1. The SMILES string of the molecule is CN(C)CCCNC(=S)NCCOc1ccc2ccccc2c1. The topological polar surface area (TPSA) is 36.5 Å². The second kappa shape index (κ2) is 9.33. The van der Waals surface area contributed by atoms with E-state index in [1.165, 1.54) is 10.8 Å². The molecule has 2 N–H and O–H groups in total. The number of rotatable bonds is 8. The van der Waals surface area contributed by atoms with Gasteiger partial charge in [-0.05, 0) is 62.2 Å². The van der Waals surface area contributed by atoms with Crippen molar-refractivity contribution in [2.24, 2.45) is 0 Å². The maximum Gasteiger partial charge on any atom is 0.166 e. The maximum absolute atomic E-state index is 5.77. The molecule has 23 heavy (non-hydrogen) atoms. The number of hydrogen-bond acceptors (Lipinski definition) is 3. The highest BCUT2D eigenvalue weighted by molar-refractivity contribution is 7.80. The highest BCUT2D eigenvalue weighted by Gasteiger charge is 1.98. The van der Waals surface area contributed by atoms with Gasteiger partial charge in [-0.2, -0.15) is 0 Å². The van der Waals surface area contributed by atoms with Crippen LogP contribution in [-0.2, 0) is 0 Å². The van der Waals surface area contributed by atoms with Gasteiger partial charge in [-0.25, -0.2) is 0 Å². The van der Waals surface area contributed by atoms with Crippen LogP contribution in [0.1, 0.15) is 6.42 Å². The maximum atomic E-state index is 5.77. The molecule has 0 bridgehead atoms. The van der Waals surface area contributed by atoms with Crippen molar-refractivity contribution in [1.82, 2.24) is 15.5 Å². The quantitative estimate of drug-likeness (QED) is 0.574.